The van der Waals surface area contributed by atoms with Crippen LogP contribution in [0.5, 0.6) is 28.7 Å². The number of aromatic hydroxyl groups is 5. The second-order valence-electron chi connectivity index (χ2n) is 48.3. The van der Waals surface area contributed by atoms with Gasteiger partial charge in [-0.2, -0.15) is 0 Å². The van der Waals surface area contributed by atoms with Crippen LogP contribution >= 0.6 is 0 Å². The molecule has 5 nitrogen and oxygen atoms in total. The third-order valence-corrected chi connectivity index (χ3v) is 38.1. The first-order chi connectivity index (χ1) is 65.6. The van der Waals surface area contributed by atoms with Crippen molar-refractivity contribution in [2.75, 3.05) is 0 Å². The smallest absolute Gasteiger partial charge is 0.115 e. The molecule has 10 aliphatic rings. The molecule has 0 heterocycles. The number of rotatable bonds is 44. The van der Waals surface area contributed by atoms with E-state index in [0.29, 0.717) is 28.7 Å². The van der Waals surface area contributed by atoms with Gasteiger partial charge in [0.15, 0.2) is 0 Å². The Hall–Kier alpha value is -4.90. The molecule has 0 saturated heterocycles. The molecule has 15 rings (SSSR count). The van der Waals surface area contributed by atoms with Gasteiger partial charge in [0.25, 0.3) is 0 Å². The van der Waals surface area contributed by atoms with Gasteiger partial charge in [-0.25, -0.2) is 0 Å². The summed E-state index contributed by atoms with van der Waals surface area (Å²) in [6.07, 6.45) is 108. The number of benzene rings is 5. The standard InChI is InChI=1S/C29H48O.C27H44O.C26H42O.C24H38O.C23H36O/c1-2-3-4-5-6-7-24-8-10-25(11-9-24)12-13-26-14-16-27(17-15-26)18-19-28-20-22-29(30)23-21-28;1-2-3-4-5-22-6-8-23(9-7-22)10-11-24-12-14-25(15-13-24)16-17-26-18-20-27(28)21-19-26;1-2-3-4-21-5-7-22(8-6-21)9-10-23-11-13-24(14-12-23)15-16-25-17-19-26(27)20-18-25;1-2-19-3-5-20(6-4-19)7-8-21-9-11-22(12-10-21)13-14-23-15-17-24(25)18-16-23;1-18-2-4-19(5-3-18)6-7-20-8-10-21(11-9-20)12-13-22-14-16-23(24)17-15-22/h20-27,30H,2-19H2,1H3;18-25,28H,2-17H2,1H3;17-24,27H,2-16H2,1H3;15-22,25H,2-14H2,1H3;14-21,24H,2-13H2,1H3/t24-,25-,26-,27-;22-,23-,24-,25-;21-,22-,23-,24-;19-,20-,21-,22-;18-,19-,20-,21-. The maximum Gasteiger partial charge on any atom is 0.115 e. The third kappa shape index (κ3) is 44.5. The fourth-order valence-electron chi connectivity index (χ4n) is 27.8. The van der Waals surface area contributed by atoms with E-state index in [4.69, 9.17) is 0 Å². The number of phenols is 5. The van der Waals surface area contributed by atoms with E-state index in [9.17, 15) is 25.5 Å². The zero-order chi connectivity index (χ0) is 93.8. The first-order valence-electron chi connectivity index (χ1n) is 59.5. The molecule has 10 aliphatic carbocycles. The Labute approximate surface area is 826 Å². The lowest BCUT2D eigenvalue weighted by atomic mass is 9.74. The lowest BCUT2D eigenvalue weighted by molar-refractivity contribution is 0.208. The van der Waals surface area contributed by atoms with Crippen molar-refractivity contribution in [1.82, 2.24) is 0 Å². The zero-order valence-electron chi connectivity index (χ0n) is 87.7. The van der Waals surface area contributed by atoms with Crippen LogP contribution in [0.1, 0.15) is 505 Å². The first kappa shape index (κ1) is 109. The van der Waals surface area contributed by atoms with Crippen molar-refractivity contribution < 1.29 is 25.5 Å². The van der Waals surface area contributed by atoms with Crippen LogP contribution in [0.25, 0.3) is 0 Å². The Balaban J connectivity index is 0.000000161. The third-order valence-electron chi connectivity index (χ3n) is 38.1. The SMILES string of the molecule is CCCCCCC[C@H]1CC[C@H](CC[C@H]2CC[C@H](CCc3ccc(O)cc3)CC2)CC1.CCCCC[C@H]1CC[C@H](CC[C@H]2CC[C@H](CCc3ccc(O)cc3)CC2)CC1.CCCC[C@H]1CC[C@H](CC[C@H]2CC[C@H](CCc3ccc(O)cc3)CC2)CC1.CC[C@H]1CC[C@H](CC[C@H]2CC[C@H](CCc3ccc(O)cc3)CC2)CC1.C[C@H]1CC[C@H](CC[C@H]2CC[C@H](CCc3ccc(O)cc3)CC2)CC1. The number of phenolic OH excluding ortho intramolecular Hbond substituents is 5. The van der Waals surface area contributed by atoms with Crippen LogP contribution in [-0.2, 0) is 32.1 Å². The van der Waals surface area contributed by atoms with Crippen molar-refractivity contribution in [2.24, 2.45) is 118 Å². The maximum absolute atomic E-state index is 9.42. The Kier molecular flexibility index (Phi) is 52.7. The van der Waals surface area contributed by atoms with Gasteiger partial charge in [0.2, 0.25) is 0 Å². The maximum atomic E-state index is 9.42. The molecule has 0 bridgehead atoms. The van der Waals surface area contributed by atoms with E-state index < -0.39 is 0 Å². The number of hydrogen-bond donors (Lipinski definition) is 5. The summed E-state index contributed by atoms with van der Waals surface area (Å²) in [7, 11) is 0. The van der Waals surface area contributed by atoms with Crippen LogP contribution in [0, 0.1) is 118 Å². The van der Waals surface area contributed by atoms with E-state index in [1.54, 1.807) is 0 Å². The van der Waals surface area contributed by atoms with Crippen LogP contribution in [0.3, 0.4) is 0 Å². The molecule has 0 spiro atoms. The molecule has 10 saturated carbocycles. The Bertz CT molecular complexity index is 3630. The van der Waals surface area contributed by atoms with Gasteiger partial charge in [-0.15, -0.1) is 0 Å². The molecule has 754 valence electrons. The summed E-state index contributed by atoms with van der Waals surface area (Å²) in [5.41, 5.74) is 6.89. The molecule has 10 fully saturated rings. The van der Waals surface area contributed by atoms with E-state index in [-0.39, 0.29) is 0 Å². The topological polar surface area (TPSA) is 101 Å². The van der Waals surface area contributed by atoms with Crippen molar-refractivity contribution in [3.63, 3.8) is 0 Å². The van der Waals surface area contributed by atoms with E-state index >= 15 is 0 Å². The normalized spacial score (nSPS) is 29.1. The molecular weight excluding hydrogens is 1630 g/mol. The quantitative estimate of drug-likeness (QED) is 0.0250. The Morgan fingerprint density at radius 1 is 0.157 bits per heavy atom. The number of unbranched alkanes of at least 4 members (excludes halogenated alkanes) is 7. The summed E-state index contributed by atoms with van der Waals surface area (Å²) in [5.74, 6) is 22.2. The van der Waals surface area contributed by atoms with Gasteiger partial charge in [-0.3, -0.25) is 0 Å². The highest BCUT2D eigenvalue weighted by molar-refractivity contribution is 5.29. The molecule has 5 aromatic rings. The van der Waals surface area contributed by atoms with Gasteiger partial charge in [0.05, 0.1) is 0 Å². The summed E-state index contributed by atoms with van der Waals surface area (Å²) < 4.78 is 0. The van der Waals surface area contributed by atoms with E-state index in [1.807, 2.05) is 60.7 Å². The van der Waals surface area contributed by atoms with Crippen LogP contribution in [0.15, 0.2) is 121 Å². The fraction of sp³-hybridized carbons (Fsp3) is 0.767. The number of aryl methyl sites for hydroxylation is 5. The van der Waals surface area contributed by atoms with Gasteiger partial charge in [-0.1, -0.05) is 506 Å². The lowest BCUT2D eigenvalue weighted by Gasteiger charge is -2.32. The van der Waals surface area contributed by atoms with Crippen molar-refractivity contribution in [1.29, 1.82) is 0 Å². The van der Waals surface area contributed by atoms with Crippen molar-refractivity contribution in [2.45, 2.75) is 510 Å². The minimum Gasteiger partial charge on any atom is -0.508 e. The van der Waals surface area contributed by atoms with E-state index in [2.05, 4.69) is 95.3 Å². The summed E-state index contributed by atoms with van der Waals surface area (Å²) in [4.78, 5) is 0. The molecule has 0 atom stereocenters. The average Bonchev–Trinajstić information content (AvgIpc) is 0.891. The number of hydrogen-bond acceptors (Lipinski definition) is 5. The summed E-state index contributed by atoms with van der Waals surface area (Å²) in [6.45, 7) is 11.8. The highest BCUT2D eigenvalue weighted by Crippen LogP contribution is 2.46. The van der Waals surface area contributed by atoms with Crippen LogP contribution < -0.4 is 0 Å². The van der Waals surface area contributed by atoms with Crippen molar-refractivity contribution in [3.8, 4) is 28.7 Å². The molecule has 0 radical (unpaired) electrons. The van der Waals surface area contributed by atoms with Gasteiger partial charge >= 0.3 is 0 Å². The highest BCUT2D eigenvalue weighted by Gasteiger charge is 2.32. The molecule has 134 heavy (non-hydrogen) atoms. The monoisotopic (exact) mass is 1840 g/mol. The van der Waals surface area contributed by atoms with Gasteiger partial charge in [0.1, 0.15) is 28.7 Å². The molecule has 0 aliphatic heterocycles. The summed E-state index contributed by atoms with van der Waals surface area (Å²) >= 11 is 0. The molecule has 0 aromatic heterocycles. The second-order valence-corrected chi connectivity index (χ2v) is 48.3. The molecule has 0 amide bonds. The van der Waals surface area contributed by atoms with Crippen LogP contribution in [0.2, 0.25) is 0 Å². The van der Waals surface area contributed by atoms with Gasteiger partial charge in [-0.05, 0) is 271 Å². The van der Waals surface area contributed by atoms with Crippen molar-refractivity contribution >= 4 is 0 Å². The average molecular weight is 1840 g/mol. The highest BCUT2D eigenvalue weighted by atomic mass is 16.3. The van der Waals surface area contributed by atoms with Gasteiger partial charge < -0.3 is 25.5 Å². The predicted molar refractivity (Wildman–Crippen MR) is 576 cm³/mol. The molecule has 5 N–H and O–H groups in total. The van der Waals surface area contributed by atoms with Crippen LogP contribution in [0.4, 0.5) is 0 Å². The van der Waals surface area contributed by atoms with E-state index in [1.165, 1.54) is 503 Å². The second kappa shape index (κ2) is 64.5. The van der Waals surface area contributed by atoms with E-state index in [0.717, 1.165) is 118 Å². The molecule has 5 aromatic carbocycles. The van der Waals surface area contributed by atoms with Crippen molar-refractivity contribution in [3.05, 3.63) is 149 Å². The fourth-order valence-corrected chi connectivity index (χ4v) is 27.8. The van der Waals surface area contributed by atoms with Crippen LogP contribution in [-0.4, -0.2) is 25.5 Å². The minimum atomic E-state index is 0.381. The lowest BCUT2D eigenvalue weighted by Crippen LogP contribution is -2.18. The molecular formula is C129H208O5. The predicted octanol–water partition coefficient (Wildman–Crippen LogP) is 39.1. The largest absolute Gasteiger partial charge is 0.508 e. The summed E-state index contributed by atoms with van der Waals surface area (Å²) in [5, 5.41) is 47.0. The molecule has 5 heteroatoms. The molecule has 0 unspecified atom stereocenters. The zero-order valence-corrected chi connectivity index (χ0v) is 87.7. The Morgan fingerprint density at radius 3 is 0.485 bits per heavy atom. The first-order valence-corrected chi connectivity index (χ1v) is 59.5. The Morgan fingerprint density at radius 2 is 0.299 bits per heavy atom. The summed E-state index contributed by atoms with van der Waals surface area (Å²) in [6, 6.07) is 39.0. The van der Waals surface area contributed by atoms with Gasteiger partial charge in [0, 0.05) is 0 Å². The minimum absolute atomic E-state index is 0.381.